The Balaban J connectivity index is 2.31. The molecule has 122 valence electrons. The highest BCUT2D eigenvalue weighted by molar-refractivity contribution is 6.31. The van der Waals surface area contributed by atoms with E-state index in [4.69, 9.17) is 16.7 Å². The van der Waals surface area contributed by atoms with Crippen LogP contribution >= 0.6 is 11.6 Å². The van der Waals surface area contributed by atoms with E-state index >= 15 is 0 Å². The largest absolute Gasteiger partial charge is 0.480 e. The van der Waals surface area contributed by atoms with Gasteiger partial charge in [0.25, 0.3) is 5.91 Å². The Labute approximate surface area is 139 Å². The number of carboxylic acids is 1. The molecular weight excluding hydrogens is 318 g/mol. The van der Waals surface area contributed by atoms with Gasteiger partial charge in [0.15, 0.2) is 0 Å². The molecule has 23 heavy (non-hydrogen) atoms. The SMILES string of the molecule is Cc1nn(Cc2ccccc2Cl)c(C)c1C(=O)N(C)CC(=O)O. The summed E-state index contributed by atoms with van der Waals surface area (Å²) in [5, 5.41) is 13.8. The van der Waals surface area contributed by atoms with Gasteiger partial charge in [-0.3, -0.25) is 14.3 Å². The molecule has 2 rings (SSSR count). The predicted octanol–water partition coefficient (Wildman–Crippen LogP) is 2.36. The summed E-state index contributed by atoms with van der Waals surface area (Å²) in [7, 11) is 1.46. The molecule has 1 N–H and O–H groups in total. The van der Waals surface area contributed by atoms with Crippen molar-refractivity contribution in [1.29, 1.82) is 0 Å². The summed E-state index contributed by atoms with van der Waals surface area (Å²) >= 11 is 6.16. The van der Waals surface area contributed by atoms with Gasteiger partial charge in [-0.15, -0.1) is 0 Å². The molecule has 0 spiro atoms. The van der Waals surface area contributed by atoms with Crippen molar-refractivity contribution in [3.63, 3.8) is 0 Å². The summed E-state index contributed by atoms with van der Waals surface area (Å²) < 4.78 is 1.71. The molecule has 1 aromatic heterocycles. The Morgan fingerprint density at radius 1 is 1.30 bits per heavy atom. The van der Waals surface area contributed by atoms with Crippen molar-refractivity contribution >= 4 is 23.5 Å². The van der Waals surface area contributed by atoms with Crippen LogP contribution in [0.1, 0.15) is 27.3 Å². The van der Waals surface area contributed by atoms with Crippen LogP contribution in [0.25, 0.3) is 0 Å². The molecular formula is C16H18ClN3O3. The molecule has 0 aliphatic heterocycles. The van der Waals surface area contributed by atoms with Gasteiger partial charge in [0.05, 0.1) is 17.8 Å². The maximum Gasteiger partial charge on any atom is 0.323 e. The van der Waals surface area contributed by atoms with Crippen LogP contribution in [0, 0.1) is 13.8 Å². The average molecular weight is 336 g/mol. The number of aromatic nitrogens is 2. The zero-order valence-electron chi connectivity index (χ0n) is 13.2. The van der Waals surface area contributed by atoms with Crippen LogP contribution in [0.3, 0.4) is 0 Å². The summed E-state index contributed by atoms with van der Waals surface area (Å²) in [4.78, 5) is 24.4. The van der Waals surface area contributed by atoms with Gasteiger partial charge in [-0.25, -0.2) is 0 Å². The number of likely N-dealkylation sites (N-methyl/N-ethyl adjacent to an activating group) is 1. The van der Waals surface area contributed by atoms with Crippen molar-refractivity contribution in [2.24, 2.45) is 0 Å². The molecule has 0 saturated carbocycles. The number of amides is 1. The number of rotatable bonds is 5. The fourth-order valence-corrected chi connectivity index (χ4v) is 2.61. The van der Waals surface area contributed by atoms with Gasteiger partial charge in [-0.05, 0) is 25.5 Å². The van der Waals surface area contributed by atoms with Crippen molar-refractivity contribution in [3.8, 4) is 0 Å². The maximum absolute atomic E-state index is 12.4. The number of carbonyl (C=O) groups is 2. The summed E-state index contributed by atoms with van der Waals surface area (Å²) in [6.45, 7) is 3.62. The topological polar surface area (TPSA) is 75.4 Å². The van der Waals surface area contributed by atoms with Gasteiger partial charge >= 0.3 is 5.97 Å². The molecule has 1 amide bonds. The maximum atomic E-state index is 12.4. The number of halogens is 1. The number of benzene rings is 1. The Morgan fingerprint density at radius 3 is 2.57 bits per heavy atom. The second-order valence-corrected chi connectivity index (χ2v) is 5.76. The van der Waals surface area contributed by atoms with Crippen LogP contribution < -0.4 is 0 Å². The lowest BCUT2D eigenvalue weighted by Gasteiger charge is -2.14. The van der Waals surface area contributed by atoms with Crippen LogP contribution in [0.5, 0.6) is 0 Å². The molecule has 6 nitrogen and oxygen atoms in total. The van der Waals surface area contributed by atoms with E-state index in [2.05, 4.69) is 5.10 Å². The van der Waals surface area contributed by atoms with Gasteiger partial charge in [0.1, 0.15) is 6.54 Å². The van der Waals surface area contributed by atoms with E-state index in [0.29, 0.717) is 28.5 Å². The number of nitrogens with zero attached hydrogens (tertiary/aromatic N) is 3. The third-order valence-electron chi connectivity index (χ3n) is 3.59. The van der Waals surface area contributed by atoms with E-state index in [-0.39, 0.29) is 12.5 Å². The van der Waals surface area contributed by atoms with Crippen LogP contribution in [0.2, 0.25) is 5.02 Å². The Hall–Kier alpha value is -2.34. The van der Waals surface area contributed by atoms with E-state index in [0.717, 1.165) is 5.56 Å². The minimum Gasteiger partial charge on any atom is -0.480 e. The smallest absolute Gasteiger partial charge is 0.323 e. The Morgan fingerprint density at radius 2 is 1.96 bits per heavy atom. The highest BCUT2D eigenvalue weighted by atomic mass is 35.5. The second kappa shape index (κ2) is 6.83. The molecule has 0 radical (unpaired) electrons. The number of carboxylic acid groups (broad SMARTS) is 1. The van der Waals surface area contributed by atoms with Gasteiger partial charge < -0.3 is 10.0 Å². The van der Waals surface area contributed by atoms with Crippen molar-refractivity contribution in [1.82, 2.24) is 14.7 Å². The second-order valence-electron chi connectivity index (χ2n) is 5.35. The van der Waals surface area contributed by atoms with Crippen LogP contribution in [0.4, 0.5) is 0 Å². The number of carbonyl (C=O) groups excluding carboxylic acids is 1. The van der Waals surface area contributed by atoms with E-state index in [1.807, 2.05) is 18.2 Å². The summed E-state index contributed by atoms with van der Waals surface area (Å²) in [6, 6.07) is 7.44. The highest BCUT2D eigenvalue weighted by Crippen LogP contribution is 2.20. The lowest BCUT2D eigenvalue weighted by molar-refractivity contribution is -0.137. The quantitative estimate of drug-likeness (QED) is 0.910. The average Bonchev–Trinajstić information content (AvgIpc) is 2.74. The first-order valence-corrected chi connectivity index (χ1v) is 7.43. The summed E-state index contributed by atoms with van der Waals surface area (Å²) in [5.74, 6) is -1.41. The summed E-state index contributed by atoms with van der Waals surface area (Å²) in [6.07, 6.45) is 0. The molecule has 0 bridgehead atoms. The molecule has 1 heterocycles. The van der Waals surface area contributed by atoms with Gasteiger partial charge in [0.2, 0.25) is 0 Å². The lowest BCUT2D eigenvalue weighted by atomic mass is 10.1. The van der Waals surface area contributed by atoms with Gasteiger partial charge in [0, 0.05) is 17.8 Å². The first-order chi connectivity index (χ1) is 10.8. The minimum absolute atomic E-state index is 0.354. The first kappa shape index (κ1) is 17.0. The standard InChI is InChI=1S/C16H18ClN3O3/c1-10-15(16(23)19(3)9-14(21)22)11(2)20(18-10)8-12-6-4-5-7-13(12)17/h4-7H,8-9H2,1-3H3,(H,21,22). The molecule has 0 saturated heterocycles. The monoisotopic (exact) mass is 335 g/mol. The molecule has 2 aromatic rings. The van der Waals surface area contributed by atoms with Crippen LogP contribution in [0.15, 0.2) is 24.3 Å². The molecule has 0 atom stereocenters. The highest BCUT2D eigenvalue weighted by Gasteiger charge is 2.23. The fraction of sp³-hybridized carbons (Fsp3) is 0.312. The van der Waals surface area contributed by atoms with E-state index in [9.17, 15) is 9.59 Å². The minimum atomic E-state index is -1.06. The van der Waals surface area contributed by atoms with Crippen molar-refractivity contribution < 1.29 is 14.7 Å². The fourth-order valence-electron chi connectivity index (χ4n) is 2.41. The Kier molecular flexibility index (Phi) is 5.05. The molecule has 1 aromatic carbocycles. The zero-order valence-corrected chi connectivity index (χ0v) is 14.0. The molecule has 0 fully saturated rings. The number of aryl methyl sites for hydroxylation is 1. The normalized spacial score (nSPS) is 10.6. The first-order valence-electron chi connectivity index (χ1n) is 7.06. The number of aliphatic carboxylic acids is 1. The van der Waals surface area contributed by atoms with E-state index in [1.165, 1.54) is 11.9 Å². The van der Waals surface area contributed by atoms with E-state index < -0.39 is 5.97 Å². The van der Waals surface area contributed by atoms with Crippen LogP contribution in [-0.2, 0) is 11.3 Å². The third kappa shape index (κ3) is 3.71. The third-order valence-corrected chi connectivity index (χ3v) is 3.96. The molecule has 0 unspecified atom stereocenters. The van der Waals surface area contributed by atoms with Crippen LogP contribution in [-0.4, -0.2) is 45.3 Å². The molecule has 7 heteroatoms. The van der Waals surface area contributed by atoms with Crippen molar-refractivity contribution in [3.05, 3.63) is 51.8 Å². The number of hydrogen-bond acceptors (Lipinski definition) is 3. The van der Waals surface area contributed by atoms with E-state index in [1.54, 1.807) is 24.6 Å². The summed E-state index contributed by atoms with van der Waals surface area (Å²) in [5.41, 5.74) is 2.58. The van der Waals surface area contributed by atoms with Gasteiger partial charge in [-0.1, -0.05) is 29.8 Å². The van der Waals surface area contributed by atoms with Gasteiger partial charge in [-0.2, -0.15) is 5.10 Å². The molecule has 0 aliphatic rings. The lowest BCUT2D eigenvalue weighted by Crippen LogP contribution is -2.32. The number of hydrogen-bond donors (Lipinski definition) is 1. The van der Waals surface area contributed by atoms with Crippen molar-refractivity contribution in [2.75, 3.05) is 13.6 Å². The van der Waals surface area contributed by atoms with Crippen molar-refractivity contribution in [2.45, 2.75) is 20.4 Å². The zero-order chi connectivity index (χ0) is 17.1. The molecule has 0 aliphatic carbocycles. The Bertz CT molecular complexity index is 755. The predicted molar refractivity (Wildman–Crippen MR) is 86.9 cm³/mol.